The lowest BCUT2D eigenvalue weighted by Gasteiger charge is -1.87. The lowest BCUT2D eigenvalue weighted by molar-refractivity contribution is -0.104. The van der Waals surface area contributed by atoms with Crippen LogP contribution in [-0.4, -0.2) is 6.29 Å². The second-order valence-corrected chi connectivity index (χ2v) is 2.58. The minimum absolute atomic E-state index is 0.699. The lowest BCUT2D eigenvalue weighted by atomic mass is 10.2. The molecule has 0 aromatic rings. The molecule has 0 aliphatic carbocycles. The van der Waals surface area contributed by atoms with E-state index in [0.29, 0.717) is 6.42 Å². The van der Waals surface area contributed by atoms with Crippen LogP contribution in [0, 0.1) is 11.8 Å². The van der Waals surface area contributed by atoms with Crippen molar-refractivity contribution < 1.29 is 4.79 Å². The highest BCUT2D eigenvalue weighted by molar-refractivity contribution is 5.64. The molecule has 1 nitrogen and oxygen atoms in total. The third-order valence-electron chi connectivity index (χ3n) is 1.46. The van der Waals surface area contributed by atoms with Crippen LogP contribution >= 0.6 is 0 Å². The van der Waals surface area contributed by atoms with E-state index in [-0.39, 0.29) is 0 Å². The first-order valence-electron chi connectivity index (χ1n) is 4.47. The Morgan fingerprint density at radius 1 is 1.25 bits per heavy atom. The average Bonchev–Trinajstić information content (AvgIpc) is 2.10. The summed E-state index contributed by atoms with van der Waals surface area (Å²) in [6.45, 7) is 2.18. The molecule has 0 aliphatic heterocycles. The number of allylic oxidation sites excluding steroid dienone is 2. The molecular formula is C11H16O. The van der Waals surface area contributed by atoms with E-state index < -0.39 is 0 Å². The van der Waals surface area contributed by atoms with Gasteiger partial charge >= 0.3 is 0 Å². The van der Waals surface area contributed by atoms with E-state index in [1.165, 1.54) is 25.3 Å². The molecule has 0 heterocycles. The van der Waals surface area contributed by atoms with Crippen molar-refractivity contribution in [2.75, 3.05) is 0 Å². The normalized spacial score (nSPS) is 9.42. The van der Waals surface area contributed by atoms with Crippen LogP contribution in [0.4, 0.5) is 0 Å². The standard InChI is InChI=1S/C11H16O/c1-2-3-4-5-6-7-8-9-10-11-12/h9-11H,2-5,8H2,1H3/b10-9+. The molecule has 0 spiro atoms. The monoisotopic (exact) mass is 164 g/mol. The van der Waals surface area contributed by atoms with Gasteiger partial charge in [0.25, 0.3) is 0 Å². The molecule has 0 aromatic carbocycles. The van der Waals surface area contributed by atoms with Gasteiger partial charge in [-0.25, -0.2) is 0 Å². The van der Waals surface area contributed by atoms with Crippen LogP contribution in [0.1, 0.15) is 39.0 Å². The molecule has 0 aromatic heterocycles. The second-order valence-electron chi connectivity index (χ2n) is 2.58. The second kappa shape index (κ2) is 9.97. The fraction of sp³-hybridized carbons (Fsp3) is 0.545. The summed E-state index contributed by atoms with van der Waals surface area (Å²) >= 11 is 0. The van der Waals surface area contributed by atoms with Crippen molar-refractivity contribution in [3.8, 4) is 11.8 Å². The Labute approximate surface area is 74.9 Å². The van der Waals surface area contributed by atoms with Gasteiger partial charge in [-0.3, -0.25) is 4.79 Å². The van der Waals surface area contributed by atoms with Gasteiger partial charge in [-0.15, -0.1) is 5.92 Å². The first-order valence-corrected chi connectivity index (χ1v) is 4.47. The lowest BCUT2D eigenvalue weighted by Crippen LogP contribution is -1.71. The van der Waals surface area contributed by atoms with Gasteiger partial charge in [-0.1, -0.05) is 31.8 Å². The van der Waals surface area contributed by atoms with Crippen molar-refractivity contribution in [1.82, 2.24) is 0 Å². The van der Waals surface area contributed by atoms with Crippen molar-refractivity contribution in [3.05, 3.63) is 12.2 Å². The molecule has 0 aliphatic rings. The van der Waals surface area contributed by atoms with E-state index in [1.54, 1.807) is 6.08 Å². The number of unbranched alkanes of at least 4 members (excludes halogenated alkanes) is 3. The number of hydrogen-bond donors (Lipinski definition) is 0. The number of hydrogen-bond acceptors (Lipinski definition) is 1. The Kier molecular flexibility index (Phi) is 9.11. The number of aldehydes is 1. The Balaban J connectivity index is 3.22. The van der Waals surface area contributed by atoms with Crippen LogP contribution in [0.2, 0.25) is 0 Å². The van der Waals surface area contributed by atoms with Gasteiger partial charge in [0.2, 0.25) is 0 Å². The van der Waals surface area contributed by atoms with Crippen molar-refractivity contribution in [1.29, 1.82) is 0 Å². The van der Waals surface area contributed by atoms with Crippen LogP contribution < -0.4 is 0 Å². The highest BCUT2D eigenvalue weighted by atomic mass is 16.1. The largest absolute Gasteiger partial charge is 0.299 e. The van der Waals surface area contributed by atoms with Gasteiger partial charge in [0.05, 0.1) is 0 Å². The molecule has 0 N–H and O–H groups in total. The summed E-state index contributed by atoms with van der Waals surface area (Å²) in [6.07, 6.45) is 9.43. The van der Waals surface area contributed by atoms with Crippen molar-refractivity contribution >= 4 is 6.29 Å². The predicted octanol–water partition coefficient (Wildman–Crippen LogP) is 2.72. The minimum atomic E-state index is 0.699. The zero-order valence-corrected chi connectivity index (χ0v) is 7.68. The molecule has 0 rings (SSSR count). The third-order valence-corrected chi connectivity index (χ3v) is 1.46. The maximum absolute atomic E-state index is 9.84. The quantitative estimate of drug-likeness (QED) is 0.264. The molecule has 0 bridgehead atoms. The Morgan fingerprint density at radius 2 is 2.08 bits per heavy atom. The summed E-state index contributed by atoms with van der Waals surface area (Å²) in [6, 6.07) is 0. The highest BCUT2D eigenvalue weighted by Gasteiger charge is 1.79. The van der Waals surface area contributed by atoms with E-state index >= 15 is 0 Å². The first kappa shape index (κ1) is 11.0. The van der Waals surface area contributed by atoms with Gasteiger partial charge < -0.3 is 0 Å². The van der Waals surface area contributed by atoms with E-state index in [9.17, 15) is 4.79 Å². The summed E-state index contributed by atoms with van der Waals surface area (Å²) in [5.74, 6) is 6.05. The fourth-order valence-electron chi connectivity index (χ4n) is 0.806. The van der Waals surface area contributed by atoms with Crippen molar-refractivity contribution in [2.45, 2.75) is 39.0 Å². The highest BCUT2D eigenvalue weighted by Crippen LogP contribution is 1.96. The average molecular weight is 164 g/mol. The third kappa shape index (κ3) is 8.97. The van der Waals surface area contributed by atoms with Crippen LogP contribution in [0.25, 0.3) is 0 Å². The van der Waals surface area contributed by atoms with Gasteiger partial charge in [0.1, 0.15) is 6.29 Å². The predicted molar refractivity (Wildman–Crippen MR) is 51.7 cm³/mol. The topological polar surface area (TPSA) is 17.1 Å². The zero-order chi connectivity index (χ0) is 9.07. The van der Waals surface area contributed by atoms with Gasteiger partial charge in [-0.2, -0.15) is 0 Å². The molecule has 12 heavy (non-hydrogen) atoms. The molecule has 1 heteroatoms. The first-order chi connectivity index (χ1) is 5.91. The zero-order valence-electron chi connectivity index (χ0n) is 7.68. The summed E-state index contributed by atoms with van der Waals surface area (Å²) in [5.41, 5.74) is 0. The molecule has 66 valence electrons. The van der Waals surface area contributed by atoms with Crippen LogP contribution in [0.3, 0.4) is 0 Å². The number of carbonyl (C=O) groups is 1. The minimum Gasteiger partial charge on any atom is -0.299 e. The van der Waals surface area contributed by atoms with Crippen LogP contribution in [-0.2, 0) is 4.79 Å². The van der Waals surface area contributed by atoms with Gasteiger partial charge in [0, 0.05) is 12.8 Å². The van der Waals surface area contributed by atoms with Crippen LogP contribution in [0.5, 0.6) is 0 Å². The van der Waals surface area contributed by atoms with E-state index in [1.807, 2.05) is 0 Å². The van der Waals surface area contributed by atoms with E-state index in [2.05, 4.69) is 18.8 Å². The Morgan fingerprint density at radius 3 is 2.75 bits per heavy atom. The maximum atomic E-state index is 9.84. The van der Waals surface area contributed by atoms with Crippen LogP contribution in [0.15, 0.2) is 12.2 Å². The van der Waals surface area contributed by atoms with Gasteiger partial charge in [-0.05, 0) is 12.5 Å². The Bertz CT molecular complexity index is 181. The Hall–Kier alpha value is -1.03. The molecule has 0 amide bonds. The summed E-state index contributed by atoms with van der Waals surface area (Å²) < 4.78 is 0. The molecular weight excluding hydrogens is 148 g/mol. The van der Waals surface area contributed by atoms with Crippen molar-refractivity contribution in [2.24, 2.45) is 0 Å². The molecule has 0 unspecified atom stereocenters. The number of rotatable bonds is 5. The molecule has 0 atom stereocenters. The molecule has 0 saturated carbocycles. The summed E-state index contributed by atoms with van der Waals surface area (Å²) in [5, 5.41) is 0. The van der Waals surface area contributed by atoms with Crippen molar-refractivity contribution in [3.63, 3.8) is 0 Å². The van der Waals surface area contributed by atoms with E-state index in [0.717, 1.165) is 12.7 Å². The SMILES string of the molecule is CCCCCC#CC/C=C/C=O. The molecule has 0 radical (unpaired) electrons. The number of carbonyl (C=O) groups excluding carboxylic acids is 1. The van der Waals surface area contributed by atoms with Gasteiger partial charge in [0.15, 0.2) is 0 Å². The summed E-state index contributed by atoms with van der Waals surface area (Å²) in [4.78, 5) is 9.84. The van der Waals surface area contributed by atoms with E-state index in [4.69, 9.17) is 0 Å². The molecule has 0 fully saturated rings. The maximum Gasteiger partial charge on any atom is 0.142 e. The fourth-order valence-corrected chi connectivity index (χ4v) is 0.806. The smallest absolute Gasteiger partial charge is 0.142 e. The molecule has 0 saturated heterocycles. The summed E-state index contributed by atoms with van der Waals surface area (Å²) in [7, 11) is 0.